The van der Waals surface area contributed by atoms with E-state index in [1.807, 2.05) is 0 Å². The first-order valence-electron chi connectivity index (χ1n) is 27.5. The van der Waals surface area contributed by atoms with Crippen molar-refractivity contribution in [3.8, 4) is 66.8 Å². The van der Waals surface area contributed by atoms with Gasteiger partial charge >= 0.3 is 0 Å². The second kappa shape index (κ2) is 18.8. The smallest absolute Gasteiger partial charge is 0.0726 e. The van der Waals surface area contributed by atoms with Crippen molar-refractivity contribution >= 4 is 17.1 Å². The van der Waals surface area contributed by atoms with Crippen LogP contribution in [0.3, 0.4) is 0 Å². The molecule has 1 nitrogen and oxygen atoms in total. The number of hydrogen-bond donors (Lipinski definition) is 0. The van der Waals surface area contributed by atoms with Gasteiger partial charge < -0.3 is 4.90 Å². The Kier molecular flexibility index (Phi) is 11.4. The third-order valence-corrected chi connectivity index (χ3v) is 17.5. The second-order valence-electron chi connectivity index (χ2n) is 21.6. The van der Waals surface area contributed by atoms with E-state index in [0.29, 0.717) is 11.8 Å². The zero-order chi connectivity index (χ0) is 49.0. The fourth-order valence-corrected chi connectivity index (χ4v) is 13.9. The molecule has 0 radical (unpaired) electrons. The van der Waals surface area contributed by atoms with Gasteiger partial charge in [-0.15, -0.1) is 0 Å². The minimum atomic E-state index is -0.500. The number of anilines is 3. The number of hydrogen-bond acceptors (Lipinski definition) is 1. The molecular weight excluding hydrogens is 891 g/mol. The highest BCUT2D eigenvalue weighted by molar-refractivity contribution is 5.97. The Bertz CT molecular complexity index is 3630. The van der Waals surface area contributed by atoms with Crippen LogP contribution in [0.15, 0.2) is 237 Å². The van der Waals surface area contributed by atoms with Gasteiger partial charge in [0.25, 0.3) is 0 Å². The van der Waals surface area contributed by atoms with E-state index >= 15 is 0 Å². The first-order chi connectivity index (χ1) is 36.7. The SMILES string of the molecule is c1ccc(-c2ccc3c(c2)C2(c4ccccc4-3)c3ccccc3-c3ccc(N(c4ccc(-c5ccc(C6CCCCC6)cc5)cc4)c4ccc(-c5ccccc5-c5ccc(C6CCCCC6)cc5)cc4)cc32)cc1. The lowest BCUT2D eigenvalue weighted by molar-refractivity contribution is 0.443. The number of fused-ring (bicyclic) bond motifs is 10. The molecule has 0 aromatic heterocycles. The molecular formula is C73H61N. The van der Waals surface area contributed by atoms with E-state index in [-0.39, 0.29) is 0 Å². The average Bonchev–Trinajstić information content (AvgIpc) is 4.09. The third-order valence-electron chi connectivity index (χ3n) is 17.5. The van der Waals surface area contributed by atoms with E-state index in [1.165, 1.54) is 164 Å². The summed E-state index contributed by atoms with van der Waals surface area (Å²) in [4.78, 5) is 2.48. The Morgan fingerprint density at radius 3 is 1.15 bits per heavy atom. The molecule has 0 amide bonds. The van der Waals surface area contributed by atoms with E-state index in [0.717, 1.165) is 17.1 Å². The molecule has 14 rings (SSSR count). The van der Waals surface area contributed by atoms with Crippen LogP contribution >= 0.6 is 0 Å². The van der Waals surface area contributed by atoms with Crippen molar-refractivity contribution in [2.24, 2.45) is 0 Å². The Morgan fingerprint density at radius 2 is 0.622 bits per heavy atom. The molecule has 4 aliphatic rings. The van der Waals surface area contributed by atoms with Gasteiger partial charge in [-0.25, -0.2) is 0 Å². The van der Waals surface area contributed by atoms with Crippen LogP contribution in [0.2, 0.25) is 0 Å². The Morgan fingerprint density at radius 1 is 0.257 bits per heavy atom. The molecule has 358 valence electrons. The summed E-state index contributed by atoms with van der Waals surface area (Å²) in [5, 5.41) is 0. The summed E-state index contributed by atoms with van der Waals surface area (Å²) in [5.74, 6) is 1.39. The lowest BCUT2D eigenvalue weighted by Crippen LogP contribution is -2.26. The molecule has 0 aliphatic heterocycles. The topological polar surface area (TPSA) is 3.24 Å². The van der Waals surface area contributed by atoms with Gasteiger partial charge in [-0.2, -0.15) is 0 Å². The summed E-state index contributed by atoms with van der Waals surface area (Å²) in [7, 11) is 0. The van der Waals surface area contributed by atoms with Gasteiger partial charge in [0.15, 0.2) is 0 Å². The third kappa shape index (κ3) is 7.59. The quantitative estimate of drug-likeness (QED) is 0.139. The van der Waals surface area contributed by atoms with Crippen molar-refractivity contribution in [2.75, 3.05) is 4.90 Å². The molecule has 0 N–H and O–H groups in total. The van der Waals surface area contributed by atoms with Crippen LogP contribution in [-0.2, 0) is 5.41 Å². The summed E-state index contributed by atoms with van der Waals surface area (Å²) < 4.78 is 0. The van der Waals surface area contributed by atoms with Crippen molar-refractivity contribution in [2.45, 2.75) is 81.5 Å². The van der Waals surface area contributed by atoms with Gasteiger partial charge in [0.1, 0.15) is 0 Å². The van der Waals surface area contributed by atoms with Gasteiger partial charge in [-0.05, 0) is 180 Å². The van der Waals surface area contributed by atoms with Crippen LogP contribution in [0.1, 0.15) is 109 Å². The van der Waals surface area contributed by atoms with E-state index in [4.69, 9.17) is 0 Å². The van der Waals surface area contributed by atoms with Crippen LogP contribution in [0.5, 0.6) is 0 Å². The molecule has 0 saturated heterocycles. The highest BCUT2D eigenvalue weighted by atomic mass is 15.1. The molecule has 1 heteroatoms. The molecule has 1 atom stereocenters. The molecule has 0 bridgehead atoms. The summed E-state index contributed by atoms with van der Waals surface area (Å²) in [6, 6.07) is 90.2. The number of nitrogens with zero attached hydrogens (tertiary/aromatic N) is 1. The Balaban J connectivity index is 0.893. The van der Waals surface area contributed by atoms with Gasteiger partial charge in [0.2, 0.25) is 0 Å². The normalized spacial score (nSPS) is 16.9. The van der Waals surface area contributed by atoms with Crippen LogP contribution in [0, 0.1) is 0 Å². The monoisotopic (exact) mass is 951 g/mol. The first kappa shape index (κ1) is 44.7. The molecule has 1 spiro atoms. The highest BCUT2D eigenvalue weighted by Gasteiger charge is 2.52. The molecule has 0 heterocycles. The predicted octanol–water partition coefficient (Wildman–Crippen LogP) is 20.3. The first-order valence-corrected chi connectivity index (χ1v) is 27.5. The lowest BCUT2D eigenvalue weighted by Gasteiger charge is -2.32. The maximum absolute atomic E-state index is 2.52. The van der Waals surface area contributed by atoms with E-state index < -0.39 is 5.41 Å². The van der Waals surface area contributed by atoms with E-state index in [2.05, 4.69) is 241 Å². The molecule has 10 aromatic carbocycles. The highest BCUT2D eigenvalue weighted by Crippen LogP contribution is 2.64. The molecule has 10 aromatic rings. The average molecular weight is 952 g/mol. The molecule has 1 unspecified atom stereocenters. The summed E-state index contributed by atoms with van der Waals surface area (Å²) >= 11 is 0. The number of rotatable bonds is 9. The fourth-order valence-electron chi connectivity index (χ4n) is 13.9. The van der Waals surface area contributed by atoms with Crippen molar-refractivity contribution in [1.29, 1.82) is 0 Å². The summed E-state index contributed by atoms with van der Waals surface area (Å²) in [5.41, 5.74) is 26.4. The van der Waals surface area contributed by atoms with Crippen molar-refractivity contribution < 1.29 is 0 Å². The van der Waals surface area contributed by atoms with Gasteiger partial charge in [0, 0.05) is 17.1 Å². The maximum Gasteiger partial charge on any atom is 0.0726 e. The Hall–Kier alpha value is -8.00. The van der Waals surface area contributed by atoms with Crippen molar-refractivity contribution in [3.63, 3.8) is 0 Å². The van der Waals surface area contributed by atoms with Crippen molar-refractivity contribution in [1.82, 2.24) is 0 Å². The van der Waals surface area contributed by atoms with E-state index in [1.54, 1.807) is 0 Å². The summed E-state index contributed by atoms with van der Waals surface area (Å²) in [6.07, 6.45) is 13.4. The number of benzene rings is 10. The molecule has 4 aliphatic carbocycles. The molecule has 74 heavy (non-hydrogen) atoms. The zero-order valence-corrected chi connectivity index (χ0v) is 42.2. The standard InChI is InChI=1S/C73H61N/c1-4-16-50(17-5-1)53-28-30-55(31-29-53)56-36-41-60(42-37-56)74(61-43-38-58(39-44-61)64-23-11-10-22-63(64)57-34-32-54(33-35-57)51-18-6-2-7-19-51)62-45-47-68-66-25-13-15-27-70(66)73(72(68)49-62)69-26-14-12-24-65(69)67-46-40-59(48-71(67)73)52-20-8-3-9-21-52/h3,8-15,20-51H,1-2,4-7,16-19H2. The van der Waals surface area contributed by atoms with Gasteiger partial charge in [0.05, 0.1) is 5.41 Å². The van der Waals surface area contributed by atoms with Crippen molar-refractivity contribution in [3.05, 3.63) is 270 Å². The minimum absolute atomic E-state index is 0.500. The fraction of sp³-hybridized carbons (Fsp3) is 0.178. The summed E-state index contributed by atoms with van der Waals surface area (Å²) in [6.45, 7) is 0. The Labute approximate surface area is 437 Å². The van der Waals surface area contributed by atoms with Gasteiger partial charge in [-0.3, -0.25) is 0 Å². The van der Waals surface area contributed by atoms with Gasteiger partial charge in [-0.1, -0.05) is 233 Å². The maximum atomic E-state index is 2.52. The second-order valence-corrected chi connectivity index (χ2v) is 21.6. The van der Waals surface area contributed by atoms with Crippen LogP contribution in [-0.4, -0.2) is 0 Å². The molecule has 2 saturated carbocycles. The van der Waals surface area contributed by atoms with Crippen LogP contribution in [0.25, 0.3) is 66.8 Å². The van der Waals surface area contributed by atoms with Crippen LogP contribution in [0.4, 0.5) is 17.1 Å². The zero-order valence-electron chi connectivity index (χ0n) is 42.2. The van der Waals surface area contributed by atoms with E-state index in [9.17, 15) is 0 Å². The van der Waals surface area contributed by atoms with Crippen LogP contribution < -0.4 is 4.90 Å². The minimum Gasteiger partial charge on any atom is -0.310 e. The predicted molar refractivity (Wildman–Crippen MR) is 311 cm³/mol. The largest absolute Gasteiger partial charge is 0.310 e. The lowest BCUT2D eigenvalue weighted by atomic mass is 9.70. The molecule has 2 fully saturated rings.